The third kappa shape index (κ3) is 5.12. The summed E-state index contributed by atoms with van der Waals surface area (Å²) in [5, 5.41) is 0. The highest BCUT2D eigenvalue weighted by Gasteiger charge is 2.23. The average molecular weight is 231 g/mol. The van der Waals surface area contributed by atoms with Gasteiger partial charge in [0.15, 0.2) is 0 Å². The molecule has 2 nitrogen and oxygen atoms in total. The Kier molecular flexibility index (Phi) is 5.83. The summed E-state index contributed by atoms with van der Waals surface area (Å²) in [7, 11) is -0.607. The number of hydrogen-bond acceptors (Lipinski definition) is 2. The van der Waals surface area contributed by atoms with Crippen molar-refractivity contribution in [3.05, 3.63) is 0 Å². The van der Waals surface area contributed by atoms with E-state index in [1.807, 2.05) is 0 Å². The highest BCUT2D eigenvalue weighted by atomic mass is 32.2. The van der Waals surface area contributed by atoms with Gasteiger partial charge < -0.3 is 5.73 Å². The van der Waals surface area contributed by atoms with Gasteiger partial charge in [-0.2, -0.15) is 0 Å². The second kappa shape index (κ2) is 6.64. The van der Waals surface area contributed by atoms with Gasteiger partial charge in [0, 0.05) is 28.3 Å². The SMILES string of the molecule is CC(C)CCS(=O)CCC1CCCC1N. The highest BCUT2D eigenvalue weighted by molar-refractivity contribution is 7.84. The van der Waals surface area contributed by atoms with Gasteiger partial charge in [0.1, 0.15) is 0 Å². The summed E-state index contributed by atoms with van der Waals surface area (Å²) in [6.07, 6.45) is 5.85. The third-order valence-corrected chi connectivity index (χ3v) is 4.74. The molecule has 15 heavy (non-hydrogen) atoms. The van der Waals surface area contributed by atoms with Crippen LogP contribution in [0.3, 0.4) is 0 Å². The molecule has 0 aliphatic heterocycles. The minimum absolute atomic E-state index is 0.382. The Morgan fingerprint density at radius 3 is 2.60 bits per heavy atom. The molecule has 0 saturated heterocycles. The third-order valence-electron chi connectivity index (χ3n) is 3.36. The van der Waals surface area contributed by atoms with Crippen LogP contribution in [0.25, 0.3) is 0 Å². The van der Waals surface area contributed by atoms with Crippen molar-refractivity contribution in [1.82, 2.24) is 0 Å². The minimum atomic E-state index is -0.607. The van der Waals surface area contributed by atoms with E-state index in [9.17, 15) is 4.21 Å². The maximum atomic E-state index is 11.7. The zero-order valence-corrected chi connectivity index (χ0v) is 10.9. The lowest BCUT2D eigenvalue weighted by molar-refractivity contribution is 0.468. The fourth-order valence-corrected chi connectivity index (χ4v) is 3.68. The molecule has 3 atom stereocenters. The first-order chi connectivity index (χ1) is 7.09. The first-order valence-electron chi connectivity index (χ1n) is 6.20. The molecule has 1 aliphatic rings. The summed E-state index contributed by atoms with van der Waals surface area (Å²) in [5.74, 6) is 3.06. The molecule has 0 aromatic rings. The van der Waals surface area contributed by atoms with E-state index >= 15 is 0 Å². The number of rotatable bonds is 6. The van der Waals surface area contributed by atoms with Crippen LogP contribution in [0.1, 0.15) is 46.0 Å². The molecule has 1 rings (SSSR count). The molecule has 2 N–H and O–H groups in total. The van der Waals surface area contributed by atoms with Crippen molar-refractivity contribution in [2.24, 2.45) is 17.6 Å². The molecule has 0 spiro atoms. The largest absolute Gasteiger partial charge is 0.327 e. The Bertz CT molecular complexity index is 206. The zero-order chi connectivity index (χ0) is 11.3. The Morgan fingerprint density at radius 1 is 1.33 bits per heavy atom. The molecule has 3 heteroatoms. The van der Waals surface area contributed by atoms with Crippen molar-refractivity contribution < 1.29 is 4.21 Å². The molecular formula is C12H25NOS. The van der Waals surface area contributed by atoms with Gasteiger partial charge in [-0.3, -0.25) is 4.21 Å². The van der Waals surface area contributed by atoms with E-state index in [1.165, 1.54) is 19.3 Å². The Labute approximate surface area is 96.5 Å². The van der Waals surface area contributed by atoms with Gasteiger partial charge in [-0.05, 0) is 37.5 Å². The monoisotopic (exact) mass is 231 g/mol. The summed E-state index contributed by atoms with van der Waals surface area (Å²) in [5.41, 5.74) is 5.99. The number of nitrogens with two attached hydrogens (primary N) is 1. The van der Waals surface area contributed by atoms with E-state index in [0.717, 1.165) is 24.3 Å². The van der Waals surface area contributed by atoms with Crippen LogP contribution in [0.5, 0.6) is 0 Å². The van der Waals surface area contributed by atoms with E-state index in [0.29, 0.717) is 17.9 Å². The van der Waals surface area contributed by atoms with Crippen molar-refractivity contribution in [3.63, 3.8) is 0 Å². The van der Waals surface area contributed by atoms with Gasteiger partial charge in [-0.25, -0.2) is 0 Å². The number of hydrogen-bond donors (Lipinski definition) is 1. The van der Waals surface area contributed by atoms with Crippen LogP contribution < -0.4 is 5.73 Å². The van der Waals surface area contributed by atoms with Crippen LogP contribution in [-0.2, 0) is 10.8 Å². The molecule has 0 heterocycles. The fourth-order valence-electron chi connectivity index (χ4n) is 2.18. The fraction of sp³-hybridized carbons (Fsp3) is 1.00. The van der Waals surface area contributed by atoms with Crippen LogP contribution in [0, 0.1) is 11.8 Å². The normalized spacial score (nSPS) is 28.5. The first kappa shape index (κ1) is 13.2. The van der Waals surface area contributed by atoms with E-state index in [2.05, 4.69) is 13.8 Å². The maximum Gasteiger partial charge on any atom is 0.0238 e. The van der Waals surface area contributed by atoms with Gasteiger partial charge in [0.05, 0.1) is 0 Å². The van der Waals surface area contributed by atoms with Gasteiger partial charge in [0.2, 0.25) is 0 Å². The molecule has 1 fully saturated rings. The average Bonchev–Trinajstić information content (AvgIpc) is 2.58. The summed E-state index contributed by atoms with van der Waals surface area (Å²) in [6.45, 7) is 4.37. The van der Waals surface area contributed by atoms with Crippen molar-refractivity contribution in [2.75, 3.05) is 11.5 Å². The van der Waals surface area contributed by atoms with E-state index in [1.54, 1.807) is 0 Å². The maximum absolute atomic E-state index is 11.7. The van der Waals surface area contributed by atoms with E-state index in [-0.39, 0.29) is 0 Å². The van der Waals surface area contributed by atoms with Gasteiger partial charge >= 0.3 is 0 Å². The van der Waals surface area contributed by atoms with Gasteiger partial charge in [-0.15, -0.1) is 0 Å². The quantitative estimate of drug-likeness (QED) is 0.762. The van der Waals surface area contributed by atoms with Crippen molar-refractivity contribution >= 4 is 10.8 Å². The van der Waals surface area contributed by atoms with Crippen LogP contribution in [0.15, 0.2) is 0 Å². The summed E-state index contributed by atoms with van der Waals surface area (Å²) in [4.78, 5) is 0. The predicted molar refractivity (Wildman–Crippen MR) is 67.3 cm³/mol. The van der Waals surface area contributed by atoms with Gasteiger partial charge in [0.25, 0.3) is 0 Å². The first-order valence-corrected chi connectivity index (χ1v) is 7.69. The lowest BCUT2D eigenvalue weighted by Gasteiger charge is -2.14. The molecule has 0 aromatic heterocycles. The Balaban J connectivity index is 2.11. The molecule has 1 aliphatic carbocycles. The van der Waals surface area contributed by atoms with Crippen LogP contribution in [0.2, 0.25) is 0 Å². The van der Waals surface area contributed by atoms with Crippen molar-refractivity contribution in [2.45, 2.75) is 52.0 Å². The smallest absolute Gasteiger partial charge is 0.0238 e. The molecule has 3 unspecified atom stereocenters. The molecule has 0 amide bonds. The summed E-state index contributed by atoms with van der Waals surface area (Å²) in [6, 6.07) is 0.382. The lowest BCUT2D eigenvalue weighted by atomic mass is 10.0. The molecule has 0 aromatic carbocycles. The predicted octanol–water partition coefficient (Wildman–Crippen LogP) is 2.30. The van der Waals surface area contributed by atoms with E-state index < -0.39 is 10.8 Å². The Morgan fingerprint density at radius 2 is 2.07 bits per heavy atom. The zero-order valence-electron chi connectivity index (χ0n) is 10.1. The molecule has 1 saturated carbocycles. The lowest BCUT2D eigenvalue weighted by Crippen LogP contribution is -2.25. The van der Waals surface area contributed by atoms with Crippen LogP contribution >= 0.6 is 0 Å². The van der Waals surface area contributed by atoms with Crippen LogP contribution in [0.4, 0.5) is 0 Å². The van der Waals surface area contributed by atoms with Crippen molar-refractivity contribution in [1.29, 1.82) is 0 Å². The van der Waals surface area contributed by atoms with Gasteiger partial charge in [-0.1, -0.05) is 20.3 Å². The highest BCUT2D eigenvalue weighted by Crippen LogP contribution is 2.26. The van der Waals surface area contributed by atoms with Crippen molar-refractivity contribution in [3.8, 4) is 0 Å². The molecule has 0 radical (unpaired) electrons. The summed E-state index contributed by atoms with van der Waals surface area (Å²) >= 11 is 0. The second-order valence-corrected chi connectivity index (χ2v) is 6.87. The molecular weight excluding hydrogens is 206 g/mol. The second-order valence-electron chi connectivity index (χ2n) is 5.17. The molecule has 90 valence electrons. The summed E-state index contributed by atoms with van der Waals surface area (Å²) < 4.78 is 11.7. The topological polar surface area (TPSA) is 43.1 Å². The van der Waals surface area contributed by atoms with Crippen LogP contribution in [-0.4, -0.2) is 21.8 Å². The minimum Gasteiger partial charge on any atom is -0.327 e. The standard InChI is InChI=1S/C12H25NOS/c1-10(2)6-8-15(14)9-7-11-4-3-5-12(11)13/h10-12H,3-9,13H2,1-2H3. The Hall–Kier alpha value is 0.110. The van der Waals surface area contributed by atoms with E-state index in [4.69, 9.17) is 5.73 Å². The molecule has 0 bridgehead atoms.